The van der Waals surface area contributed by atoms with Crippen LogP contribution in [0, 0.1) is 11.7 Å². The lowest BCUT2D eigenvalue weighted by atomic mass is 10.1. The summed E-state index contributed by atoms with van der Waals surface area (Å²) in [6.45, 7) is 3.60. The van der Waals surface area contributed by atoms with Crippen LogP contribution in [0.1, 0.15) is 6.42 Å². The minimum Gasteiger partial charge on any atom is -0.378 e. The van der Waals surface area contributed by atoms with Crippen LogP contribution in [0.5, 0.6) is 0 Å². The van der Waals surface area contributed by atoms with Crippen LogP contribution in [-0.4, -0.2) is 55.2 Å². The molecule has 3 heterocycles. The summed E-state index contributed by atoms with van der Waals surface area (Å²) in [4.78, 5) is 20.1. The summed E-state index contributed by atoms with van der Waals surface area (Å²) in [5, 5.41) is 0.274. The van der Waals surface area contributed by atoms with E-state index in [1.165, 1.54) is 12.3 Å². The van der Waals surface area contributed by atoms with Crippen molar-refractivity contribution in [3.8, 4) is 0 Å². The van der Waals surface area contributed by atoms with Gasteiger partial charge in [-0.2, -0.15) is 0 Å². The third-order valence-electron chi connectivity index (χ3n) is 3.95. The molecule has 1 amide bonds. The number of pyridine rings is 1. The van der Waals surface area contributed by atoms with Gasteiger partial charge in [0.2, 0.25) is 5.91 Å². The summed E-state index contributed by atoms with van der Waals surface area (Å²) in [7, 11) is 0. The third kappa shape index (κ3) is 3.11. The molecular weight excluding hydrogens is 297 g/mol. The Balaban J connectivity index is 1.66. The van der Waals surface area contributed by atoms with Gasteiger partial charge in [0.25, 0.3) is 0 Å². The van der Waals surface area contributed by atoms with Crippen LogP contribution in [0.3, 0.4) is 0 Å². The zero-order chi connectivity index (χ0) is 14.8. The van der Waals surface area contributed by atoms with Crippen LogP contribution in [0.2, 0.25) is 5.02 Å². The number of amides is 1. The molecule has 0 radical (unpaired) electrons. The van der Waals surface area contributed by atoms with E-state index in [1.54, 1.807) is 0 Å². The van der Waals surface area contributed by atoms with Gasteiger partial charge in [-0.05, 0) is 12.5 Å². The molecule has 0 aliphatic carbocycles. The number of rotatable bonds is 2. The minimum absolute atomic E-state index is 0.0972. The van der Waals surface area contributed by atoms with Crippen LogP contribution < -0.4 is 4.90 Å². The Labute approximate surface area is 127 Å². The summed E-state index contributed by atoms with van der Waals surface area (Å²) in [5.41, 5.74) is 0. The second-order valence-electron chi connectivity index (χ2n) is 5.33. The zero-order valence-corrected chi connectivity index (χ0v) is 12.4. The predicted octanol–water partition coefficient (Wildman–Crippen LogP) is 1.56. The van der Waals surface area contributed by atoms with E-state index in [4.69, 9.17) is 16.3 Å². The van der Waals surface area contributed by atoms with E-state index in [9.17, 15) is 9.18 Å². The Hall–Kier alpha value is -1.40. The van der Waals surface area contributed by atoms with Crippen molar-refractivity contribution in [2.24, 2.45) is 5.92 Å². The maximum absolute atomic E-state index is 13.9. The Kier molecular flexibility index (Phi) is 4.26. The number of ether oxygens (including phenoxy) is 1. The smallest absolute Gasteiger partial charge is 0.227 e. The van der Waals surface area contributed by atoms with Crippen LogP contribution in [0.25, 0.3) is 0 Å². The second-order valence-corrected chi connectivity index (χ2v) is 5.76. The summed E-state index contributed by atoms with van der Waals surface area (Å²) >= 11 is 5.71. The van der Waals surface area contributed by atoms with Gasteiger partial charge in [-0.25, -0.2) is 9.37 Å². The van der Waals surface area contributed by atoms with Crippen molar-refractivity contribution < 1.29 is 13.9 Å². The molecule has 0 N–H and O–H groups in total. The molecule has 1 atom stereocenters. The second kappa shape index (κ2) is 6.15. The van der Waals surface area contributed by atoms with Crippen molar-refractivity contribution in [2.75, 3.05) is 44.3 Å². The monoisotopic (exact) mass is 313 g/mol. The van der Waals surface area contributed by atoms with Gasteiger partial charge >= 0.3 is 0 Å². The van der Waals surface area contributed by atoms with Crippen LogP contribution >= 0.6 is 11.6 Å². The number of morpholine rings is 1. The molecule has 2 aliphatic heterocycles. The first-order chi connectivity index (χ1) is 10.1. The Morgan fingerprint density at radius 3 is 2.86 bits per heavy atom. The fourth-order valence-electron chi connectivity index (χ4n) is 2.84. The number of halogens is 2. The molecule has 3 rings (SSSR count). The molecule has 0 spiro atoms. The highest BCUT2D eigenvalue weighted by Crippen LogP contribution is 2.27. The maximum Gasteiger partial charge on any atom is 0.227 e. The molecule has 7 heteroatoms. The normalized spacial score (nSPS) is 22.7. The van der Waals surface area contributed by atoms with Crippen molar-refractivity contribution in [2.45, 2.75) is 6.42 Å². The first-order valence-electron chi connectivity index (χ1n) is 7.07. The standard InChI is InChI=1S/C14H17ClFN3O2/c15-11-7-12(16)13(17-8-11)19-2-1-10(9-19)14(20)18-3-5-21-6-4-18/h7-8,10H,1-6,9H2. The Morgan fingerprint density at radius 2 is 2.14 bits per heavy atom. The number of carbonyl (C=O) groups is 1. The number of hydrogen-bond donors (Lipinski definition) is 0. The SMILES string of the molecule is O=C(C1CCN(c2ncc(Cl)cc2F)C1)N1CCOCC1. The number of aromatic nitrogens is 1. The van der Waals surface area contributed by atoms with Gasteiger partial charge in [-0.1, -0.05) is 11.6 Å². The summed E-state index contributed by atoms with van der Waals surface area (Å²) in [6.07, 6.45) is 2.15. The van der Waals surface area contributed by atoms with Crippen LogP contribution in [-0.2, 0) is 9.53 Å². The molecule has 5 nitrogen and oxygen atoms in total. The summed E-state index contributed by atoms with van der Waals surface area (Å²) in [5.74, 6) is -0.131. The summed E-state index contributed by atoms with van der Waals surface area (Å²) in [6, 6.07) is 1.25. The molecule has 1 unspecified atom stereocenters. The van der Waals surface area contributed by atoms with Crippen molar-refractivity contribution in [3.63, 3.8) is 0 Å². The maximum atomic E-state index is 13.9. The predicted molar refractivity (Wildman–Crippen MR) is 76.9 cm³/mol. The van der Waals surface area contributed by atoms with Gasteiger partial charge in [-0.3, -0.25) is 4.79 Å². The molecule has 114 valence electrons. The fraction of sp³-hybridized carbons (Fsp3) is 0.571. The zero-order valence-electron chi connectivity index (χ0n) is 11.6. The minimum atomic E-state index is -0.443. The number of anilines is 1. The highest BCUT2D eigenvalue weighted by molar-refractivity contribution is 6.30. The lowest BCUT2D eigenvalue weighted by molar-refractivity contribution is -0.138. The first-order valence-corrected chi connectivity index (χ1v) is 7.45. The van der Waals surface area contributed by atoms with E-state index in [-0.39, 0.29) is 22.7 Å². The molecule has 2 aliphatic rings. The first kappa shape index (κ1) is 14.5. The average Bonchev–Trinajstić information content (AvgIpc) is 2.97. The number of hydrogen-bond acceptors (Lipinski definition) is 4. The van der Waals surface area contributed by atoms with Gasteiger partial charge in [0.05, 0.1) is 24.2 Å². The molecule has 2 saturated heterocycles. The molecule has 0 saturated carbocycles. The van der Waals surface area contributed by atoms with Gasteiger partial charge in [0, 0.05) is 32.4 Å². The van der Waals surface area contributed by atoms with E-state index >= 15 is 0 Å². The lowest BCUT2D eigenvalue weighted by Gasteiger charge is -2.29. The van der Waals surface area contributed by atoms with E-state index in [0.29, 0.717) is 39.4 Å². The van der Waals surface area contributed by atoms with E-state index < -0.39 is 5.82 Å². The van der Waals surface area contributed by atoms with Gasteiger partial charge in [0.15, 0.2) is 11.6 Å². The van der Waals surface area contributed by atoms with E-state index in [1.807, 2.05) is 9.80 Å². The molecular formula is C14H17ClFN3O2. The Morgan fingerprint density at radius 1 is 1.38 bits per heavy atom. The molecule has 1 aromatic heterocycles. The lowest BCUT2D eigenvalue weighted by Crippen LogP contribution is -2.44. The molecule has 2 fully saturated rings. The molecule has 0 bridgehead atoms. The fourth-order valence-corrected chi connectivity index (χ4v) is 2.98. The topological polar surface area (TPSA) is 45.7 Å². The molecule has 21 heavy (non-hydrogen) atoms. The van der Waals surface area contributed by atoms with Crippen molar-refractivity contribution in [1.29, 1.82) is 0 Å². The highest BCUT2D eigenvalue weighted by atomic mass is 35.5. The quantitative estimate of drug-likeness (QED) is 0.831. The van der Waals surface area contributed by atoms with Gasteiger partial charge < -0.3 is 14.5 Å². The van der Waals surface area contributed by atoms with Crippen LogP contribution in [0.15, 0.2) is 12.3 Å². The number of carbonyl (C=O) groups excluding carboxylic acids is 1. The van der Waals surface area contributed by atoms with Gasteiger partial charge in [0.1, 0.15) is 0 Å². The average molecular weight is 314 g/mol. The van der Waals surface area contributed by atoms with E-state index in [0.717, 1.165) is 6.42 Å². The van der Waals surface area contributed by atoms with Crippen LogP contribution in [0.4, 0.5) is 10.2 Å². The third-order valence-corrected chi connectivity index (χ3v) is 4.15. The largest absolute Gasteiger partial charge is 0.378 e. The number of nitrogens with zero attached hydrogens (tertiary/aromatic N) is 3. The van der Waals surface area contributed by atoms with Crippen molar-refractivity contribution >= 4 is 23.3 Å². The van der Waals surface area contributed by atoms with E-state index in [2.05, 4.69) is 4.98 Å². The van der Waals surface area contributed by atoms with Crippen molar-refractivity contribution in [3.05, 3.63) is 23.1 Å². The summed E-state index contributed by atoms with van der Waals surface area (Å²) < 4.78 is 19.1. The van der Waals surface area contributed by atoms with Crippen molar-refractivity contribution in [1.82, 2.24) is 9.88 Å². The highest BCUT2D eigenvalue weighted by Gasteiger charge is 2.33. The molecule has 1 aromatic rings. The van der Waals surface area contributed by atoms with Gasteiger partial charge in [-0.15, -0.1) is 0 Å². The Bertz CT molecular complexity index is 537. The molecule has 0 aromatic carbocycles.